The van der Waals surface area contributed by atoms with Crippen molar-refractivity contribution >= 4 is 23.3 Å². The number of esters is 1. The summed E-state index contributed by atoms with van der Waals surface area (Å²) < 4.78 is 5.44. The molecule has 2 rings (SSSR count). The van der Waals surface area contributed by atoms with Crippen LogP contribution in [0.3, 0.4) is 0 Å². The molecule has 1 heterocycles. The van der Waals surface area contributed by atoms with E-state index in [0.717, 1.165) is 23.9 Å². The molecule has 0 saturated heterocycles. The summed E-state index contributed by atoms with van der Waals surface area (Å²) in [5, 5.41) is 22.4. The largest absolute Gasteiger partial charge is 0.465 e. The van der Waals surface area contributed by atoms with Crippen LogP contribution in [0.2, 0.25) is 0 Å². The number of nitriles is 1. The van der Waals surface area contributed by atoms with Crippen molar-refractivity contribution in [2.24, 2.45) is 0 Å². The van der Waals surface area contributed by atoms with E-state index in [0.29, 0.717) is 5.56 Å². The van der Waals surface area contributed by atoms with Gasteiger partial charge in [0.25, 0.3) is 11.2 Å². The predicted octanol–water partition coefficient (Wildman–Crippen LogP) is 1.36. The standard InChI is InChI=1S/C17H14N4O6/c1-10-3-4-13(6-14(10)21(25)26)19-15(22)9-20-8-12(17(24)27-2)5-11(7-18)16(20)23/h3-6,8H,9H2,1-2H3,(H,19,22). The molecule has 1 aromatic heterocycles. The van der Waals surface area contributed by atoms with Gasteiger partial charge in [-0.25, -0.2) is 4.79 Å². The van der Waals surface area contributed by atoms with E-state index in [2.05, 4.69) is 10.1 Å². The second-order valence-corrected chi connectivity index (χ2v) is 5.49. The maximum absolute atomic E-state index is 12.2. The number of rotatable bonds is 5. The highest BCUT2D eigenvalue weighted by molar-refractivity contribution is 5.92. The molecular formula is C17H14N4O6. The van der Waals surface area contributed by atoms with Gasteiger partial charge in [-0.2, -0.15) is 5.26 Å². The van der Waals surface area contributed by atoms with Crippen molar-refractivity contribution in [2.75, 3.05) is 12.4 Å². The number of carbonyl (C=O) groups excluding carboxylic acids is 2. The lowest BCUT2D eigenvalue weighted by atomic mass is 10.2. The number of methoxy groups -OCH3 is 1. The molecule has 0 aliphatic heterocycles. The molecule has 0 radical (unpaired) electrons. The van der Waals surface area contributed by atoms with E-state index in [1.807, 2.05) is 0 Å². The summed E-state index contributed by atoms with van der Waals surface area (Å²) in [4.78, 5) is 46.4. The third-order valence-electron chi connectivity index (χ3n) is 3.63. The number of nitrogens with one attached hydrogen (secondary N) is 1. The van der Waals surface area contributed by atoms with Gasteiger partial charge in [-0.3, -0.25) is 19.7 Å². The Morgan fingerprint density at radius 3 is 2.67 bits per heavy atom. The van der Waals surface area contributed by atoms with Crippen LogP contribution < -0.4 is 10.9 Å². The van der Waals surface area contributed by atoms with Gasteiger partial charge in [-0.05, 0) is 19.1 Å². The SMILES string of the molecule is COC(=O)c1cc(C#N)c(=O)n(CC(=O)Nc2ccc(C)c([N+](=O)[O-])c2)c1. The van der Waals surface area contributed by atoms with E-state index in [9.17, 15) is 24.5 Å². The number of carbonyl (C=O) groups is 2. The molecule has 0 aliphatic carbocycles. The minimum Gasteiger partial charge on any atom is -0.465 e. The Balaban J connectivity index is 2.29. The van der Waals surface area contributed by atoms with E-state index in [-0.39, 0.29) is 22.5 Å². The fourth-order valence-electron chi connectivity index (χ4n) is 2.30. The van der Waals surface area contributed by atoms with Gasteiger partial charge in [-0.15, -0.1) is 0 Å². The number of anilines is 1. The molecule has 1 amide bonds. The van der Waals surface area contributed by atoms with Crippen LogP contribution in [0.1, 0.15) is 21.5 Å². The molecule has 138 valence electrons. The summed E-state index contributed by atoms with van der Waals surface area (Å²) in [5.41, 5.74) is -0.697. The van der Waals surface area contributed by atoms with Crippen LogP contribution in [0.15, 0.2) is 35.3 Å². The number of aryl methyl sites for hydroxylation is 1. The molecular weight excluding hydrogens is 356 g/mol. The van der Waals surface area contributed by atoms with Crippen molar-refractivity contribution in [3.05, 3.63) is 67.6 Å². The van der Waals surface area contributed by atoms with Crippen LogP contribution in [0.5, 0.6) is 0 Å². The minimum atomic E-state index is -0.769. The van der Waals surface area contributed by atoms with E-state index in [4.69, 9.17) is 5.26 Å². The summed E-state index contributed by atoms with van der Waals surface area (Å²) >= 11 is 0. The first-order chi connectivity index (χ1) is 12.8. The van der Waals surface area contributed by atoms with Gasteiger partial charge in [0.1, 0.15) is 18.2 Å². The second-order valence-electron chi connectivity index (χ2n) is 5.49. The molecule has 0 atom stereocenters. The number of benzene rings is 1. The number of amides is 1. The van der Waals surface area contributed by atoms with Gasteiger partial charge in [-0.1, -0.05) is 6.07 Å². The van der Waals surface area contributed by atoms with Gasteiger partial charge < -0.3 is 14.6 Å². The molecule has 27 heavy (non-hydrogen) atoms. The predicted molar refractivity (Wildman–Crippen MR) is 93.2 cm³/mol. The van der Waals surface area contributed by atoms with Crippen LogP contribution in [-0.2, 0) is 16.1 Å². The number of aromatic nitrogens is 1. The lowest BCUT2D eigenvalue weighted by molar-refractivity contribution is -0.385. The Kier molecular flexibility index (Phi) is 5.67. The molecule has 2 aromatic rings. The molecule has 0 fully saturated rings. The Bertz CT molecular complexity index is 1030. The molecule has 1 N–H and O–H groups in total. The van der Waals surface area contributed by atoms with Crippen molar-refractivity contribution in [2.45, 2.75) is 13.5 Å². The van der Waals surface area contributed by atoms with Crippen LogP contribution in [0.4, 0.5) is 11.4 Å². The Labute approximate surface area is 152 Å². The molecule has 10 nitrogen and oxygen atoms in total. The maximum Gasteiger partial charge on any atom is 0.339 e. The summed E-state index contributed by atoms with van der Waals surface area (Å²) in [5.74, 6) is -1.43. The number of nitrogens with zero attached hydrogens (tertiary/aromatic N) is 3. The van der Waals surface area contributed by atoms with Crippen LogP contribution in [0, 0.1) is 28.4 Å². The summed E-state index contributed by atoms with van der Waals surface area (Å²) in [6.07, 6.45) is 1.10. The average molecular weight is 370 g/mol. The Hall–Kier alpha value is -4.00. The fourth-order valence-corrected chi connectivity index (χ4v) is 2.30. The van der Waals surface area contributed by atoms with Crippen molar-refractivity contribution < 1.29 is 19.2 Å². The molecule has 10 heteroatoms. The topological polar surface area (TPSA) is 144 Å². The van der Waals surface area contributed by atoms with Crippen LogP contribution >= 0.6 is 0 Å². The minimum absolute atomic E-state index is 0.0626. The zero-order chi connectivity index (χ0) is 20.1. The highest BCUT2D eigenvalue weighted by Gasteiger charge is 2.16. The summed E-state index contributed by atoms with van der Waals surface area (Å²) in [6.45, 7) is 1.06. The van der Waals surface area contributed by atoms with Gasteiger partial charge in [0.15, 0.2) is 0 Å². The molecule has 0 aliphatic rings. The summed E-state index contributed by atoms with van der Waals surface area (Å²) in [6, 6.07) is 6.89. The Morgan fingerprint density at radius 1 is 1.37 bits per heavy atom. The number of pyridine rings is 1. The highest BCUT2D eigenvalue weighted by atomic mass is 16.6. The first-order valence-corrected chi connectivity index (χ1v) is 7.54. The average Bonchev–Trinajstić information content (AvgIpc) is 2.63. The lowest BCUT2D eigenvalue weighted by Crippen LogP contribution is -2.29. The maximum atomic E-state index is 12.2. The van der Waals surface area contributed by atoms with Crippen LogP contribution in [-0.4, -0.2) is 28.5 Å². The van der Waals surface area contributed by atoms with Gasteiger partial charge >= 0.3 is 5.97 Å². The third-order valence-corrected chi connectivity index (χ3v) is 3.63. The second kappa shape index (κ2) is 7.92. The molecule has 1 aromatic carbocycles. The fraction of sp³-hybridized carbons (Fsp3) is 0.176. The number of nitro benzene ring substituents is 1. The number of hydrogen-bond donors (Lipinski definition) is 1. The van der Waals surface area contributed by atoms with E-state index in [1.54, 1.807) is 13.0 Å². The van der Waals surface area contributed by atoms with E-state index in [1.165, 1.54) is 18.2 Å². The van der Waals surface area contributed by atoms with Crippen LogP contribution in [0.25, 0.3) is 0 Å². The normalized spacial score (nSPS) is 9.96. The molecule has 0 unspecified atom stereocenters. The Morgan fingerprint density at radius 2 is 2.07 bits per heavy atom. The number of ether oxygens (including phenoxy) is 1. The molecule has 0 spiro atoms. The quantitative estimate of drug-likeness (QED) is 0.475. The monoisotopic (exact) mass is 370 g/mol. The first kappa shape index (κ1) is 19.3. The van der Waals surface area contributed by atoms with E-state index < -0.39 is 28.9 Å². The van der Waals surface area contributed by atoms with Gasteiger partial charge in [0.05, 0.1) is 17.6 Å². The number of hydrogen-bond acceptors (Lipinski definition) is 7. The smallest absolute Gasteiger partial charge is 0.339 e. The third kappa shape index (κ3) is 4.35. The first-order valence-electron chi connectivity index (χ1n) is 7.54. The van der Waals surface area contributed by atoms with Crippen molar-refractivity contribution in [3.63, 3.8) is 0 Å². The van der Waals surface area contributed by atoms with E-state index >= 15 is 0 Å². The highest BCUT2D eigenvalue weighted by Crippen LogP contribution is 2.22. The number of nitro groups is 1. The zero-order valence-electron chi connectivity index (χ0n) is 14.4. The van der Waals surface area contributed by atoms with Crippen molar-refractivity contribution in [3.8, 4) is 6.07 Å². The van der Waals surface area contributed by atoms with Gasteiger partial charge in [0, 0.05) is 23.5 Å². The van der Waals surface area contributed by atoms with Crippen molar-refractivity contribution in [1.29, 1.82) is 5.26 Å². The molecule has 0 saturated carbocycles. The lowest BCUT2D eigenvalue weighted by Gasteiger charge is -2.10. The van der Waals surface area contributed by atoms with Gasteiger partial charge in [0.2, 0.25) is 5.91 Å². The zero-order valence-corrected chi connectivity index (χ0v) is 14.4. The molecule has 0 bridgehead atoms. The van der Waals surface area contributed by atoms with Crippen molar-refractivity contribution in [1.82, 2.24) is 4.57 Å². The summed E-state index contributed by atoms with van der Waals surface area (Å²) in [7, 11) is 1.14.